The summed E-state index contributed by atoms with van der Waals surface area (Å²) < 4.78 is 4.54. The quantitative estimate of drug-likeness (QED) is 0.637. The van der Waals surface area contributed by atoms with Crippen LogP contribution in [0.4, 0.5) is 10.6 Å². The van der Waals surface area contributed by atoms with Gasteiger partial charge in [0.1, 0.15) is 14.6 Å². The van der Waals surface area contributed by atoms with Gasteiger partial charge < -0.3 is 4.74 Å². The number of aromatic nitrogens is 2. The van der Waals surface area contributed by atoms with E-state index in [4.69, 9.17) is 17.0 Å². The SMILES string of the molecule is COC(=O)Nc1nc(Cl)cnc1C(=N)I. The van der Waals surface area contributed by atoms with Crippen molar-refractivity contribution >= 4 is 49.8 Å². The van der Waals surface area contributed by atoms with Gasteiger partial charge in [-0.15, -0.1) is 0 Å². The van der Waals surface area contributed by atoms with Crippen molar-refractivity contribution in [3.63, 3.8) is 0 Å². The first-order valence-corrected chi connectivity index (χ1v) is 5.12. The minimum atomic E-state index is -0.689. The number of carbonyl (C=O) groups excluding carboxylic acids is 1. The monoisotopic (exact) mass is 340 g/mol. The van der Waals surface area contributed by atoms with E-state index < -0.39 is 6.09 Å². The molecule has 0 aromatic carbocycles. The molecular weight excluding hydrogens is 334 g/mol. The van der Waals surface area contributed by atoms with Gasteiger partial charge >= 0.3 is 6.09 Å². The van der Waals surface area contributed by atoms with E-state index in [2.05, 4.69) is 20.0 Å². The Morgan fingerprint density at radius 1 is 1.73 bits per heavy atom. The van der Waals surface area contributed by atoms with Crippen molar-refractivity contribution in [2.75, 3.05) is 12.4 Å². The largest absolute Gasteiger partial charge is 0.453 e. The predicted octanol–water partition coefficient (Wildman–Crippen LogP) is 2.07. The van der Waals surface area contributed by atoms with E-state index in [0.29, 0.717) is 0 Å². The molecule has 15 heavy (non-hydrogen) atoms. The lowest BCUT2D eigenvalue weighted by molar-refractivity contribution is 0.187. The molecule has 0 fully saturated rings. The van der Waals surface area contributed by atoms with E-state index >= 15 is 0 Å². The number of methoxy groups -OCH3 is 1. The van der Waals surface area contributed by atoms with Gasteiger partial charge in [-0.25, -0.2) is 14.8 Å². The first-order chi connectivity index (χ1) is 7.04. The van der Waals surface area contributed by atoms with Gasteiger partial charge in [0, 0.05) is 0 Å². The fourth-order valence-electron chi connectivity index (χ4n) is 0.763. The molecule has 0 saturated heterocycles. The number of amides is 1. The van der Waals surface area contributed by atoms with Crippen molar-refractivity contribution in [3.8, 4) is 0 Å². The molecule has 1 heterocycles. The van der Waals surface area contributed by atoms with Crippen LogP contribution < -0.4 is 5.32 Å². The molecule has 2 N–H and O–H groups in total. The molecule has 0 saturated carbocycles. The lowest BCUT2D eigenvalue weighted by Gasteiger charge is -2.06. The molecule has 0 unspecified atom stereocenters. The number of anilines is 1. The Balaban J connectivity index is 3.07. The third kappa shape index (κ3) is 3.27. The first kappa shape index (κ1) is 12.1. The molecule has 0 radical (unpaired) electrons. The van der Waals surface area contributed by atoms with Crippen molar-refractivity contribution in [2.45, 2.75) is 0 Å². The normalized spacial score (nSPS) is 9.53. The summed E-state index contributed by atoms with van der Waals surface area (Å²) in [5.41, 5.74) is 0.241. The Labute approximate surface area is 104 Å². The van der Waals surface area contributed by atoms with Crippen LogP contribution in [0.5, 0.6) is 0 Å². The Hall–Kier alpha value is -0.960. The summed E-state index contributed by atoms with van der Waals surface area (Å²) in [6.45, 7) is 0. The highest BCUT2D eigenvalue weighted by atomic mass is 127. The fraction of sp³-hybridized carbons (Fsp3) is 0.143. The highest BCUT2D eigenvalue weighted by Crippen LogP contribution is 2.16. The number of rotatable bonds is 2. The summed E-state index contributed by atoms with van der Waals surface area (Å²) >= 11 is 7.36. The summed E-state index contributed by atoms with van der Waals surface area (Å²) in [6, 6.07) is 0. The average molecular weight is 341 g/mol. The highest BCUT2D eigenvalue weighted by Gasteiger charge is 2.12. The molecule has 0 aliphatic rings. The lowest BCUT2D eigenvalue weighted by Crippen LogP contribution is -2.15. The molecule has 0 aliphatic heterocycles. The minimum absolute atomic E-state index is 0.105. The Bertz CT molecular complexity index is 412. The number of halogens is 2. The predicted molar refractivity (Wildman–Crippen MR) is 63.9 cm³/mol. The van der Waals surface area contributed by atoms with E-state index in [1.54, 1.807) is 22.6 Å². The Kier molecular flexibility index (Phi) is 4.21. The molecule has 0 aliphatic carbocycles. The molecule has 80 valence electrons. The molecule has 0 spiro atoms. The molecule has 8 heteroatoms. The maximum atomic E-state index is 11.0. The first-order valence-electron chi connectivity index (χ1n) is 3.66. The number of carbonyl (C=O) groups is 1. The van der Waals surface area contributed by atoms with E-state index in [0.717, 1.165) is 0 Å². The minimum Gasteiger partial charge on any atom is -0.453 e. The molecule has 1 amide bonds. The zero-order chi connectivity index (χ0) is 11.4. The van der Waals surface area contributed by atoms with Crippen LogP contribution in [0.3, 0.4) is 0 Å². The van der Waals surface area contributed by atoms with Gasteiger partial charge in [-0.2, -0.15) is 0 Å². The number of nitrogens with one attached hydrogen (secondary N) is 2. The third-order valence-corrected chi connectivity index (χ3v) is 2.05. The van der Waals surface area contributed by atoms with Gasteiger partial charge in [0.2, 0.25) is 0 Å². The second-order valence-electron chi connectivity index (χ2n) is 2.32. The number of nitrogens with zero attached hydrogens (tertiary/aromatic N) is 2. The fourth-order valence-corrected chi connectivity index (χ4v) is 1.29. The molecule has 1 rings (SSSR count). The van der Waals surface area contributed by atoms with Crippen molar-refractivity contribution < 1.29 is 9.53 Å². The third-order valence-electron chi connectivity index (χ3n) is 1.36. The van der Waals surface area contributed by atoms with Crippen molar-refractivity contribution in [3.05, 3.63) is 17.0 Å². The number of hydrogen-bond acceptors (Lipinski definition) is 5. The smallest absolute Gasteiger partial charge is 0.412 e. The standard InChI is InChI=1S/C7H6ClIN4O2/c1-15-7(14)13-6-4(5(9)10)11-2-3(8)12-6/h2,10H,1H3,(H,12,13,14). The molecule has 1 aromatic heterocycles. The molecule has 6 nitrogen and oxygen atoms in total. The summed E-state index contributed by atoms with van der Waals surface area (Å²) in [5, 5.41) is 9.84. The van der Waals surface area contributed by atoms with Gasteiger partial charge in [0.15, 0.2) is 5.82 Å². The van der Waals surface area contributed by atoms with Crippen LogP contribution in [-0.4, -0.2) is 26.9 Å². The van der Waals surface area contributed by atoms with Gasteiger partial charge in [0.05, 0.1) is 13.3 Å². The second kappa shape index (κ2) is 5.21. The van der Waals surface area contributed by atoms with E-state index in [1.807, 2.05) is 0 Å². The van der Waals surface area contributed by atoms with Crippen LogP contribution in [0.25, 0.3) is 0 Å². The van der Waals surface area contributed by atoms with Crippen LogP contribution in [0.1, 0.15) is 5.69 Å². The van der Waals surface area contributed by atoms with Gasteiger partial charge in [-0.05, 0) is 22.6 Å². The topological polar surface area (TPSA) is 88.0 Å². The van der Waals surface area contributed by atoms with E-state index in [-0.39, 0.29) is 20.4 Å². The van der Waals surface area contributed by atoms with Crippen LogP contribution in [0.2, 0.25) is 5.15 Å². The maximum Gasteiger partial charge on any atom is 0.412 e. The molecule has 0 atom stereocenters. The van der Waals surface area contributed by atoms with Gasteiger partial charge in [-0.3, -0.25) is 10.7 Å². The highest BCUT2D eigenvalue weighted by molar-refractivity contribution is 14.1. The zero-order valence-corrected chi connectivity index (χ0v) is 10.5. The van der Waals surface area contributed by atoms with Crippen LogP contribution in [0.15, 0.2) is 6.20 Å². The molecule has 1 aromatic rings. The summed E-state index contributed by atoms with van der Waals surface area (Å²) in [7, 11) is 1.22. The summed E-state index contributed by atoms with van der Waals surface area (Å²) in [4.78, 5) is 18.6. The number of hydrogen-bond donors (Lipinski definition) is 2. The lowest BCUT2D eigenvalue weighted by atomic mass is 10.4. The van der Waals surface area contributed by atoms with Crippen molar-refractivity contribution in [2.24, 2.45) is 0 Å². The Morgan fingerprint density at radius 3 is 2.93 bits per heavy atom. The van der Waals surface area contributed by atoms with Crippen molar-refractivity contribution in [1.82, 2.24) is 9.97 Å². The average Bonchev–Trinajstić information content (AvgIpc) is 2.17. The second-order valence-corrected chi connectivity index (χ2v) is 3.79. The number of ether oxygens (including phenoxy) is 1. The maximum absolute atomic E-state index is 11.0. The van der Waals surface area contributed by atoms with Gasteiger partial charge in [-0.1, -0.05) is 11.6 Å². The van der Waals surface area contributed by atoms with Gasteiger partial charge in [0.25, 0.3) is 0 Å². The summed E-state index contributed by atoms with van der Waals surface area (Å²) in [6.07, 6.45) is 0.609. The Morgan fingerprint density at radius 2 is 2.40 bits per heavy atom. The van der Waals surface area contributed by atoms with Crippen LogP contribution in [0, 0.1) is 5.41 Å². The zero-order valence-electron chi connectivity index (χ0n) is 7.54. The van der Waals surface area contributed by atoms with Crippen LogP contribution in [-0.2, 0) is 4.74 Å². The molecular formula is C7H6ClIN4O2. The summed E-state index contributed by atoms with van der Waals surface area (Å²) in [5.74, 6) is 0.105. The van der Waals surface area contributed by atoms with Crippen molar-refractivity contribution in [1.29, 1.82) is 5.41 Å². The molecule has 0 bridgehead atoms. The van der Waals surface area contributed by atoms with Crippen LogP contribution >= 0.6 is 34.2 Å². The van der Waals surface area contributed by atoms with E-state index in [1.165, 1.54) is 13.3 Å². The van der Waals surface area contributed by atoms with E-state index in [9.17, 15) is 4.79 Å².